The molecule has 0 radical (unpaired) electrons. The van der Waals surface area contributed by atoms with Crippen molar-refractivity contribution >= 4 is 5.91 Å². The van der Waals surface area contributed by atoms with Crippen LogP contribution in [0.3, 0.4) is 0 Å². The van der Waals surface area contributed by atoms with Crippen molar-refractivity contribution in [1.82, 2.24) is 15.3 Å². The van der Waals surface area contributed by atoms with Crippen LogP contribution in [0.25, 0.3) is 0 Å². The largest absolute Gasteiger partial charge is 0.394 e. The Bertz CT molecular complexity index is 676. The van der Waals surface area contributed by atoms with Gasteiger partial charge in [0, 0.05) is 17.7 Å². The number of nitrogens with zero attached hydrogens (tertiary/aromatic N) is 1. The van der Waals surface area contributed by atoms with Gasteiger partial charge in [-0.1, -0.05) is 0 Å². The van der Waals surface area contributed by atoms with E-state index in [1.165, 1.54) is 25.5 Å². The molecule has 0 spiro atoms. The molecule has 4 fully saturated rings. The first-order valence-electron chi connectivity index (χ1n) is 9.00. The average molecular weight is 331 g/mol. The predicted molar refractivity (Wildman–Crippen MR) is 88.7 cm³/mol. The van der Waals surface area contributed by atoms with Crippen LogP contribution in [0.15, 0.2) is 11.0 Å². The van der Waals surface area contributed by atoms with E-state index in [9.17, 15) is 9.59 Å². The van der Waals surface area contributed by atoms with Gasteiger partial charge >= 0.3 is 0 Å². The van der Waals surface area contributed by atoms with E-state index < -0.39 is 5.91 Å². The summed E-state index contributed by atoms with van der Waals surface area (Å²) in [5.41, 5.74) is -0.344. The zero-order chi connectivity index (χ0) is 16.9. The van der Waals surface area contributed by atoms with Gasteiger partial charge in [-0.3, -0.25) is 9.59 Å². The minimum Gasteiger partial charge on any atom is -0.394 e. The van der Waals surface area contributed by atoms with E-state index in [0.29, 0.717) is 0 Å². The molecule has 1 aromatic heterocycles. The summed E-state index contributed by atoms with van der Waals surface area (Å²) in [4.78, 5) is 32.0. The second-order valence-electron chi connectivity index (χ2n) is 8.23. The highest BCUT2D eigenvalue weighted by Gasteiger charge is 2.52. The Kier molecular flexibility index (Phi) is 3.75. The molecule has 3 N–H and O–H groups in total. The molecule has 4 bridgehead atoms. The van der Waals surface area contributed by atoms with Crippen LogP contribution in [-0.4, -0.2) is 33.6 Å². The quantitative estimate of drug-likeness (QED) is 0.776. The Balaban J connectivity index is 1.61. The molecule has 130 valence electrons. The maximum absolute atomic E-state index is 12.4. The van der Waals surface area contributed by atoms with Gasteiger partial charge in [0.25, 0.3) is 11.5 Å². The normalized spacial score (nSPS) is 35.0. The van der Waals surface area contributed by atoms with Gasteiger partial charge in [0.15, 0.2) is 0 Å². The highest BCUT2D eigenvalue weighted by Crippen LogP contribution is 2.59. The molecule has 0 aliphatic heterocycles. The molecule has 6 heteroatoms. The van der Waals surface area contributed by atoms with Gasteiger partial charge in [0.1, 0.15) is 11.4 Å². The molecule has 1 atom stereocenters. The van der Waals surface area contributed by atoms with E-state index in [1.807, 2.05) is 0 Å². The van der Waals surface area contributed by atoms with Crippen molar-refractivity contribution in [2.45, 2.75) is 56.9 Å². The van der Waals surface area contributed by atoms with Gasteiger partial charge in [-0.05, 0) is 63.2 Å². The Morgan fingerprint density at radius 3 is 2.42 bits per heavy atom. The fourth-order valence-electron chi connectivity index (χ4n) is 5.57. The zero-order valence-corrected chi connectivity index (χ0v) is 14.0. The number of H-pyrrole nitrogens is 1. The van der Waals surface area contributed by atoms with Crippen LogP contribution in [0.2, 0.25) is 0 Å². The van der Waals surface area contributed by atoms with Gasteiger partial charge in [-0.2, -0.15) is 0 Å². The maximum atomic E-state index is 12.4. The summed E-state index contributed by atoms with van der Waals surface area (Å²) in [6.07, 6.45) is 8.78. The number of carbonyl (C=O) groups is 1. The van der Waals surface area contributed by atoms with Crippen LogP contribution in [0.1, 0.15) is 61.6 Å². The lowest BCUT2D eigenvalue weighted by molar-refractivity contribution is -0.00954. The topological polar surface area (TPSA) is 95.1 Å². The van der Waals surface area contributed by atoms with Crippen molar-refractivity contribution in [1.29, 1.82) is 0 Å². The number of aliphatic hydroxyl groups excluding tert-OH is 1. The lowest BCUT2D eigenvalue weighted by Crippen LogP contribution is -2.50. The van der Waals surface area contributed by atoms with Crippen molar-refractivity contribution in [3.63, 3.8) is 0 Å². The minimum absolute atomic E-state index is 0.0152. The molecule has 0 unspecified atom stereocenters. The minimum atomic E-state index is -0.484. The first-order chi connectivity index (χ1) is 11.5. The highest BCUT2D eigenvalue weighted by molar-refractivity contribution is 5.93. The van der Waals surface area contributed by atoms with E-state index in [2.05, 4.69) is 15.3 Å². The van der Waals surface area contributed by atoms with Gasteiger partial charge in [-0.15, -0.1) is 0 Å². The first kappa shape index (κ1) is 15.8. The first-order valence-corrected chi connectivity index (χ1v) is 9.00. The second kappa shape index (κ2) is 5.69. The molecule has 1 heterocycles. The molecule has 4 aliphatic carbocycles. The lowest BCUT2D eigenvalue weighted by atomic mass is 9.49. The molecule has 0 aromatic carbocycles. The monoisotopic (exact) mass is 331 g/mol. The van der Waals surface area contributed by atoms with Crippen LogP contribution < -0.4 is 10.9 Å². The number of hydrogen-bond donors (Lipinski definition) is 3. The third-order valence-corrected chi connectivity index (χ3v) is 6.24. The fourth-order valence-corrected chi connectivity index (χ4v) is 5.57. The van der Waals surface area contributed by atoms with Crippen LogP contribution in [-0.2, 0) is 5.41 Å². The highest BCUT2D eigenvalue weighted by atomic mass is 16.3. The van der Waals surface area contributed by atoms with Gasteiger partial charge in [0.05, 0.1) is 6.61 Å². The molecule has 1 aromatic rings. The summed E-state index contributed by atoms with van der Waals surface area (Å²) in [6.45, 7) is 1.52. The Morgan fingerprint density at radius 1 is 1.33 bits per heavy atom. The SMILES string of the molecule is C[C@H](CO)NC(=O)c1cnc(C23CC4CC(CC(C4)C2)C3)[nH]c1=O. The van der Waals surface area contributed by atoms with Crippen molar-refractivity contribution in [3.8, 4) is 0 Å². The number of rotatable bonds is 4. The fraction of sp³-hybridized carbons (Fsp3) is 0.722. The summed E-state index contributed by atoms with van der Waals surface area (Å²) in [5.74, 6) is 2.61. The predicted octanol–water partition coefficient (Wildman–Crippen LogP) is 1.35. The summed E-state index contributed by atoms with van der Waals surface area (Å²) in [5, 5.41) is 11.6. The number of amides is 1. The molecule has 1 amide bonds. The molecule has 5 rings (SSSR count). The standard InChI is InChI=1S/C18H25N3O3/c1-10(9-22)20-15(23)14-8-19-17(21-16(14)24)18-5-11-2-12(6-18)4-13(3-11)7-18/h8,10-13,22H,2-7,9H2,1H3,(H,20,23)(H,19,21,24)/t10-,11?,12?,13?,18?/m1/s1. The van der Waals surface area contributed by atoms with Crippen molar-refractivity contribution in [2.75, 3.05) is 6.61 Å². The number of aliphatic hydroxyl groups is 1. The third-order valence-electron chi connectivity index (χ3n) is 6.24. The molecule has 24 heavy (non-hydrogen) atoms. The smallest absolute Gasteiger partial charge is 0.263 e. The molecule has 4 aliphatic rings. The number of hydrogen-bond acceptors (Lipinski definition) is 4. The molecule has 0 saturated heterocycles. The lowest BCUT2D eigenvalue weighted by Gasteiger charge is -2.56. The summed E-state index contributed by atoms with van der Waals surface area (Å²) in [7, 11) is 0. The van der Waals surface area contributed by atoms with Crippen molar-refractivity contribution in [3.05, 3.63) is 27.9 Å². The van der Waals surface area contributed by atoms with E-state index >= 15 is 0 Å². The third kappa shape index (κ3) is 2.57. The van der Waals surface area contributed by atoms with Crippen LogP contribution in [0.5, 0.6) is 0 Å². The van der Waals surface area contributed by atoms with E-state index in [0.717, 1.165) is 42.8 Å². The molecular formula is C18H25N3O3. The van der Waals surface area contributed by atoms with Gasteiger partial charge in [0.2, 0.25) is 0 Å². The van der Waals surface area contributed by atoms with Crippen LogP contribution in [0.4, 0.5) is 0 Å². The number of nitrogens with one attached hydrogen (secondary N) is 2. The average Bonchev–Trinajstić information content (AvgIpc) is 2.53. The molecule has 4 saturated carbocycles. The number of aromatic amines is 1. The van der Waals surface area contributed by atoms with E-state index in [1.54, 1.807) is 6.92 Å². The number of aromatic nitrogens is 2. The second-order valence-corrected chi connectivity index (χ2v) is 8.23. The van der Waals surface area contributed by atoms with Gasteiger partial charge in [-0.25, -0.2) is 4.98 Å². The van der Waals surface area contributed by atoms with Crippen molar-refractivity contribution in [2.24, 2.45) is 17.8 Å². The van der Waals surface area contributed by atoms with E-state index in [4.69, 9.17) is 5.11 Å². The zero-order valence-electron chi connectivity index (χ0n) is 14.0. The van der Waals surface area contributed by atoms with Crippen molar-refractivity contribution < 1.29 is 9.90 Å². The van der Waals surface area contributed by atoms with Crippen LogP contribution in [0, 0.1) is 17.8 Å². The Morgan fingerprint density at radius 2 is 1.92 bits per heavy atom. The Labute approximate surface area is 141 Å². The Hall–Kier alpha value is -1.69. The van der Waals surface area contributed by atoms with Gasteiger partial charge < -0.3 is 15.4 Å². The summed E-state index contributed by atoms with van der Waals surface area (Å²) >= 11 is 0. The van der Waals surface area contributed by atoms with Crippen LogP contribution >= 0.6 is 0 Å². The summed E-state index contributed by atoms with van der Waals surface area (Å²) < 4.78 is 0. The maximum Gasteiger partial charge on any atom is 0.263 e. The molecular weight excluding hydrogens is 306 g/mol. The van der Waals surface area contributed by atoms with E-state index in [-0.39, 0.29) is 29.2 Å². The number of carbonyl (C=O) groups excluding carboxylic acids is 1. The molecule has 6 nitrogen and oxygen atoms in total. The summed E-state index contributed by atoms with van der Waals surface area (Å²) in [6, 6.07) is -0.389.